The van der Waals surface area contributed by atoms with E-state index in [2.05, 4.69) is 34.5 Å². The second kappa shape index (κ2) is 9.79. The number of carbonyl (C=O) groups is 1. The highest BCUT2D eigenvalue weighted by Crippen LogP contribution is 2.20. The third kappa shape index (κ3) is 5.41. The third-order valence-corrected chi connectivity index (χ3v) is 5.55. The molecular weight excluding hydrogens is 396 g/mol. The van der Waals surface area contributed by atoms with Crippen LogP contribution in [0.3, 0.4) is 0 Å². The number of rotatable bonds is 7. The first kappa shape index (κ1) is 20.5. The van der Waals surface area contributed by atoms with Crippen molar-refractivity contribution in [2.75, 3.05) is 19.7 Å². The van der Waals surface area contributed by atoms with E-state index < -0.39 is 0 Å². The maximum absolute atomic E-state index is 12.3. The largest absolute Gasteiger partial charge is 0.492 e. The van der Waals surface area contributed by atoms with Crippen molar-refractivity contribution in [2.45, 2.75) is 19.5 Å². The summed E-state index contributed by atoms with van der Waals surface area (Å²) in [7, 11) is 0. The number of benzene rings is 3. The van der Waals surface area contributed by atoms with Crippen molar-refractivity contribution in [3.63, 3.8) is 0 Å². The number of ether oxygens (including phenoxy) is 1. The van der Waals surface area contributed by atoms with Gasteiger partial charge in [-0.3, -0.25) is 9.69 Å². The number of carbonyl (C=O) groups excluding carboxylic acids is 1. The van der Waals surface area contributed by atoms with Crippen molar-refractivity contribution in [3.05, 3.63) is 100 Å². The van der Waals surface area contributed by atoms with Crippen LogP contribution >= 0.6 is 11.6 Å². The molecule has 3 aromatic rings. The van der Waals surface area contributed by atoms with Crippen molar-refractivity contribution in [3.8, 4) is 5.75 Å². The second-order valence-corrected chi connectivity index (χ2v) is 7.92. The zero-order valence-electron chi connectivity index (χ0n) is 16.8. The number of halogens is 1. The summed E-state index contributed by atoms with van der Waals surface area (Å²) in [6.45, 7) is 3.78. The molecule has 4 nitrogen and oxygen atoms in total. The molecular formula is C25H25ClN2O2. The standard InChI is InChI=1S/C25H25ClN2O2/c26-23-9-11-24(12-10-23)30-16-14-27-25(29)21-7-5-19(6-8-21)17-28-15-13-20-3-1-2-4-22(20)18-28/h1-12H,13-18H2,(H,27,29). The van der Waals surface area contributed by atoms with Crippen molar-refractivity contribution in [2.24, 2.45) is 0 Å². The lowest BCUT2D eigenvalue weighted by molar-refractivity contribution is 0.0947. The number of fused-ring (bicyclic) bond motifs is 1. The summed E-state index contributed by atoms with van der Waals surface area (Å²) >= 11 is 5.85. The van der Waals surface area contributed by atoms with Gasteiger partial charge in [0.05, 0.1) is 6.54 Å². The van der Waals surface area contributed by atoms with E-state index >= 15 is 0 Å². The van der Waals surface area contributed by atoms with E-state index in [9.17, 15) is 4.79 Å². The lowest BCUT2D eigenvalue weighted by atomic mass is 9.99. The van der Waals surface area contributed by atoms with E-state index in [0.717, 1.165) is 31.8 Å². The van der Waals surface area contributed by atoms with Gasteiger partial charge in [0.15, 0.2) is 0 Å². The molecule has 1 amide bonds. The molecule has 5 heteroatoms. The third-order valence-electron chi connectivity index (χ3n) is 5.30. The summed E-state index contributed by atoms with van der Waals surface area (Å²) in [6, 6.07) is 23.7. The molecule has 1 N–H and O–H groups in total. The number of nitrogens with zero attached hydrogens (tertiary/aromatic N) is 1. The van der Waals surface area contributed by atoms with Crippen LogP contribution < -0.4 is 10.1 Å². The predicted octanol–water partition coefficient (Wildman–Crippen LogP) is 4.71. The Balaban J connectivity index is 1.23. The fourth-order valence-electron chi connectivity index (χ4n) is 3.68. The summed E-state index contributed by atoms with van der Waals surface area (Å²) in [5, 5.41) is 3.56. The van der Waals surface area contributed by atoms with Gasteiger partial charge >= 0.3 is 0 Å². The topological polar surface area (TPSA) is 41.6 Å². The van der Waals surface area contributed by atoms with Crippen LogP contribution in [-0.2, 0) is 19.5 Å². The predicted molar refractivity (Wildman–Crippen MR) is 120 cm³/mol. The summed E-state index contributed by atoms with van der Waals surface area (Å²) in [6.07, 6.45) is 1.09. The number of hydrogen-bond donors (Lipinski definition) is 1. The molecule has 4 rings (SSSR count). The SMILES string of the molecule is O=C(NCCOc1ccc(Cl)cc1)c1ccc(CN2CCc3ccccc3C2)cc1. The van der Waals surface area contributed by atoms with Gasteiger partial charge in [0, 0.05) is 30.2 Å². The van der Waals surface area contributed by atoms with E-state index in [0.29, 0.717) is 23.7 Å². The van der Waals surface area contributed by atoms with Crippen molar-refractivity contribution in [1.29, 1.82) is 0 Å². The van der Waals surface area contributed by atoms with Gasteiger partial charge in [-0.25, -0.2) is 0 Å². The van der Waals surface area contributed by atoms with Gasteiger partial charge in [0.25, 0.3) is 5.91 Å². The zero-order chi connectivity index (χ0) is 20.8. The number of nitrogens with one attached hydrogen (secondary N) is 1. The fourth-order valence-corrected chi connectivity index (χ4v) is 3.80. The Bertz CT molecular complexity index is 987. The van der Waals surface area contributed by atoms with Crippen LogP contribution in [0.1, 0.15) is 27.0 Å². The van der Waals surface area contributed by atoms with Gasteiger partial charge in [0.1, 0.15) is 12.4 Å². The maximum atomic E-state index is 12.3. The Morgan fingerprint density at radius 3 is 2.47 bits per heavy atom. The van der Waals surface area contributed by atoms with E-state index in [4.69, 9.17) is 16.3 Å². The molecule has 0 aromatic heterocycles. The summed E-state index contributed by atoms with van der Waals surface area (Å²) in [5.74, 6) is 0.645. The van der Waals surface area contributed by atoms with E-state index in [1.165, 1.54) is 16.7 Å². The lowest BCUT2D eigenvalue weighted by Gasteiger charge is -2.28. The number of amides is 1. The molecule has 0 unspecified atom stereocenters. The smallest absolute Gasteiger partial charge is 0.251 e. The Labute approximate surface area is 182 Å². The lowest BCUT2D eigenvalue weighted by Crippen LogP contribution is -2.30. The van der Waals surface area contributed by atoms with Gasteiger partial charge in [-0.05, 0) is 59.5 Å². The number of hydrogen-bond acceptors (Lipinski definition) is 3. The van der Waals surface area contributed by atoms with Gasteiger partial charge in [-0.2, -0.15) is 0 Å². The van der Waals surface area contributed by atoms with Crippen molar-refractivity contribution >= 4 is 17.5 Å². The molecule has 0 saturated carbocycles. The van der Waals surface area contributed by atoms with Gasteiger partial charge in [0.2, 0.25) is 0 Å². The molecule has 0 spiro atoms. The first-order valence-corrected chi connectivity index (χ1v) is 10.6. The first-order chi connectivity index (χ1) is 14.7. The van der Waals surface area contributed by atoms with Gasteiger partial charge < -0.3 is 10.1 Å². The highest BCUT2D eigenvalue weighted by molar-refractivity contribution is 6.30. The van der Waals surface area contributed by atoms with Crippen molar-refractivity contribution in [1.82, 2.24) is 10.2 Å². The molecule has 0 radical (unpaired) electrons. The highest BCUT2D eigenvalue weighted by atomic mass is 35.5. The van der Waals surface area contributed by atoms with Crippen molar-refractivity contribution < 1.29 is 9.53 Å². The minimum atomic E-state index is -0.0897. The summed E-state index contributed by atoms with van der Waals surface area (Å²) in [5.41, 5.74) is 4.76. The average Bonchev–Trinajstić information content (AvgIpc) is 2.78. The molecule has 0 saturated heterocycles. The Morgan fingerprint density at radius 1 is 0.967 bits per heavy atom. The fraction of sp³-hybridized carbons (Fsp3) is 0.240. The first-order valence-electron chi connectivity index (χ1n) is 10.2. The van der Waals surface area contributed by atoms with Crippen LogP contribution in [-0.4, -0.2) is 30.5 Å². The molecule has 0 bridgehead atoms. The molecule has 0 fully saturated rings. The quantitative estimate of drug-likeness (QED) is 0.563. The molecule has 1 aliphatic heterocycles. The normalized spacial score (nSPS) is 13.5. The zero-order valence-corrected chi connectivity index (χ0v) is 17.6. The molecule has 30 heavy (non-hydrogen) atoms. The van der Waals surface area contributed by atoms with Crippen LogP contribution in [0, 0.1) is 0 Å². The summed E-state index contributed by atoms with van der Waals surface area (Å²) in [4.78, 5) is 14.8. The average molecular weight is 421 g/mol. The van der Waals surface area contributed by atoms with Crippen LogP contribution in [0.4, 0.5) is 0 Å². The molecule has 1 aliphatic rings. The Hall–Kier alpha value is -2.82. The Kier molecular flexibility index (Phi) is 6.67. The van der Waals surface area contributed by atoms with E-state index in [-0.39, 0.29) is 5.91 Å². The molecule has 3 aromatic carbocycles. The van der Waals surface area contributed by atoms with Gasteiger partial charge in [-0.15, -0.1) is 0 Å². The minimum absolute atomic E-state index is 0.0897. The van der Waals surface area contributed by atoms with E-state index in [1.54, 1.807) is 12.1 Å². The van der Waals surface area contributed by atoms with Gasteiger partial charge in [-0.1, -0.05) is 48.0 Å². The van der Waals surface area contributed by atoms with E-state index in [1.807, 2.05) is 36.4 Å². The minimum Gasteiger partial charge on any atom is -0.492 e. The molecule has 0 aliphatic carbocycles. The molecule has 154 valence electrons. The summed E-state index contributed by atoms with van der Waals surface area (Å²) < 4.78 is 5.60. The second-order valence-electron chi connectivity index (χ2n) is 7.48. The van der Waals surface area contributed by atoms with Crippen LogP contribution in [0.2, 0.25) is 5.02 Å². The van der Waals surface area contributed by atoms with Crippen LogP contribution in [0.5, 0.6) is 5.75 Å². The van der Waals surface area contributed by atoms with Crippen LogP contribution in [0.25, 0.3) is 0 Å². The Morgan fingerprint density at radius 2 is 1.70 bits per heavy atom. The van der Waals surface area contributed by atoms with Crippen LogP contribution in [0.15, 0.2) is 72.8 Å². The molecule has 0 atom stereocenters. The highest BCUT2D eigenvalue weighted by Gasteiger charge is 2.16. The molecule has 1 heterocycles. The monoisotopic (exact) mass is 420 g/mol. The maximum Gasteiger partial charge on any atom is 0.251 e.